The number of nitrogens with one attached hydrogen (secondary N) is 1. The second-order valence-corrected chi connectivity index (χ2v) is 4.04. The minimum Gasteiger partial charge on any atom is -0.347 e. The Morgan fingerprint density at radius 1 is 1.44 bits per heavy atom. The normalized spacial score (nSPS) is 13.2. The van der Waals surface area contributed by atoms with Crippen LogP contribution in [0.1, 0.15) is 25.5 Å². The summed E-state index contributed by atoms with van der Waals surface area (Å²) in [5, 5.41) is 4.20. The van der Waals surface area contributed by atoms with E-state index in [0.29, 0.717) is 0 Å². The van der Waals surface area contributed by atoms with E-state index in [2.05, 4.69) is 29.9 Å². The van der Waals surface area contributed by atoms with E-state index in [1.54, 1.807) is 6.07 Å². The van der Waals surface area contributed by atoms with Crippen molar-refractivity contribution in [3.05, 3.63) is 35.8 Å². The molecule has 0 bridgehead atoms. The largest absolute Gasteiger partial charge is 0.347 e. The van der Waals surface area contributed by atoms with Crippen LogP contribution in [0.15, 0.2) is 24.4 Å². The fraction of sp³-hybridized carbons (Fsp3) is 0.385. The minimum absolute atomic E-state index is 0.175. The molecule has 1 atom stereocenters. The van der Waals surface area contributed by atoms with Gasteiger partial charge in [0, 0.05) is 29.7 Å². The Hall–Kier alpha value is -1.35. The fourth-order valence-corrected chi connectivity index (χ4v) is 2.06. The van der Waals surface area contributed by atoms with Crippen molar-refractivity contribution in [2.45, 2.75) is 26.4 Å². The van der Waals surface area contributed by atoms with Crippen LogP contribution in [0.3, 0.4) is 0 Å². The lowest BCUT2D eigenvalue weighted by atomic mass is 10.1. The molecule has 1 N–H and O–H groups in total. The van der Waals surface area contributed by atoms with Crippen LogP contribution in [0, 0.1) is 5.82 Å². The molecule has 86 valence electrons. The fourth-order valence-electron chi connectivity index (χ4n) is 2.06. The van der Waals surface area contributed by atoms with E-state index >= 15 is 0 Å². The third-order valence-corrected chi connectivity index (χ3v) is 3.11. The monoisotopic (exact) mass is 220 g/mol. The maximum Gasteiger partial charge on any atom is 0.123 e. The summed E-state index contributed by atoms with van der Waals surface area (Å²) in [5.74, 6) is -0.175. The van der Waals surface area contributed by atoms with E-state index in [4.69, 9.17) is 0 Å². The van der Waals surface area contributed by atoms with Gasteiger partial charge >= 0.3 is 0 Å². The molecule has 0 saturated carbocycles. The van der Waals surface area contributed by atoms with E-state index in [-0.39, 0.29) is 11.9 Å². The summed E-state index contributed by atoms with van der Waals surface area (Å²) in [6.07, 6.45) is 2.10. The summed E-state index contributed by atoms with van der Waals surface area (Å²) in [5.41, 5.74) is 2.25. The van der Waals surface area contributed by atoms with Crippen LogP contribution in [0.5, 0.6) is 0 Å². The topological polar surface area (TPSA) is 17.0 Å². The predicted octanol–water partition coefficient (Wildman–Crippen LogP) is 3.08. The van der Waals surface area contributed by atoms with Gasteiger partial charge in [0.1, 0.15) is 5.82 Å². The summed E-state index contributed by atoms with van der Waals surface area (Å²) in [6.45, 7) is 5.08. The number of rotatable bonds is 3. The smallest absolute Gasteiger partial charge is 0.123 e. The maximum atomic E-state index is 13.3. The zero-order valence-electron chi connectivity index (χ0n) is 9.92. The highest BCUT2D eigenvalue weighted by Crippen LogP contribution is 2.27. The summed E-state index contributed by atoms with van der Waals surface area (Å²) < 4.78 is 15.4. The van der Waals surface area contributed by atoms with Gasteiger partial charge in [-0.05, 0) is 44.7 Å². The van der Waals surface area contributed by atoms with Crippen molar-refractivity contribution in [1.29, 1.82) is 0 Å². The van der Waals surface area contributed by atoms with Crippen LogP contribution in [0.2, 0.25) is 0 Å². The molecule has 2 rings (SSSR count). The first-order valence-corrected chi connectivity index (χ1v) is 5.63. The zero-order chi connectivity index (χ0) is 11.7. The van der Waals surface area contributed by atoms with Gasteiger partial charge in [0.05, 0.1) is 0 Å². The molecule has 3 heteroatoms. The highest BCUT2D eigenvalue weighted by molar-refractivity contribution is 5.84. The molecule has 0 aliphatic rings. The molecule has 1 heterocycles. The second kappa shape index (κ2) is 4.26. The lowest BCUT2D eigenvalue weighted by Gasteiger charge is -2.08. The van der Waals surface area contributed by atoms with Gasteiger partial charge < -0.3 is 9.88 Å². The minimum atomic E-state index is -0.175. The number of hydrogen-bond donors (Lipinski definition) is 1. The first-order valence-electron chi connectivity index (χ1n) is 5.63. The highest BCUT2D eigenvalue weighted by Gasteiger charge is 2.12. The van der Waals surface area contributed by atoms with Crippen LogP contribution in [0.4, 0.5) is 4.39 Å². The molecule has 1 aromatic carbocycles. The van der Waals surface area contributed by atoms with Gasteiger partial charge in [0.15, 0.2) is 0 Å². The van der Waals surface area contributed by atoms with Crippen molar-refractivity contribution in [3.63, 3.8) is 0 Å². The highest BCUT2D eigenvalue weighted by atomic mass is 19.1. The van der Waals surface area contributed by atoms with Crippen molar-refractivity contribution in [2.24, 2.45) is 0 Å². The number of aryl methyl sites for hydroxylation is 1. The Labute approximate surface area is 95.1 Å². The third kappa shape index (κ3) is 1.71. The molecule has 0 aliphatic heterocycles. The Morgan fingerprint density at radius 2 is 2.19 bits per heavy atom. The van der Waals surface area contributed by atoms with E-state index in [0.717, 1.165) is 23.0 Å². The number of benzene rings is 1. The molecule has 0 radical (unpaired) electrons. The van der Waals surface area contributed by atoms with Gasteiger partial charge in [-0.15, -0.1) is 0 Å². The molecule has 2 nitrogen and oxygen atoms in total. The Balaban J connectivity index is 2.68. The van der Waals surface area contributed by atoms with Gasteiger partial charge in [0.2, 0.25) is 0 Å². The summed E-state index contributed by atoms with van der Waals surface area (Å²) in [7, 11) is 1.92. The summed E-state index contributed by atoms with van der Waals surface area (Å²) in [4.78, 5) is 0. The summed E-state index contributed by atoms with van der Waals surface area (Å²) >= 11 is 0. The molecule has 0 amide bonds. The zero-order valence-corrected chi connectivity index (χ0v) is 9.92. The van der Waals surface area contributed by atoms with E-state index < -0.39 is 0 Å². The summed E-state index contributed by atoms with van der Waals surface area (Å²) in [6, 6.07) is 5.21. The molecule has 1 aromatic heterocycles. The first-order chi connectivity index (χ1) is 7.67. The van der Waals surface area contributed by atoms with Crippen molar-refractivity contribution >= 4 is 10.9 Å². The SMILES string of the molecule is CCn1cc(C(C)NC)c2cc(F)ccc21. The maximum absolute atomic E-state index is 13.3. The number of halogens is 1. The van der Waals surface area contributed by atoms with E-state index in [1.807, 2.05) is 13.1 Å². The molecule has 16 heavy (non-hydrogen) atoms. The lowest BCUT2D eigenvalue weighted by Crippen LogP contribution is -2.11. The number of aromatic nitrogens is 1. The van der Waals surface area contributed by atoms with Gasteiger partial charge in [-0.3, -0.25) is 0 Å². The molecule has 0 aliphatic carbocycles. The molecule has 0 fully saturated rings. The first kappa shape index (κ1) is 11.1. The Kier molecular flexibility index (Phi) is 2.97. The van der Waals surface area contributed by atoms with Crippen molar-refractivity contribution < 1.29 is 4.39 Å². The predicted molar refractivity (Wildman–Crippen MR) is 65.0 cm³/mol. The van der Waals surface area contributed by atoms with E-state index in [9.17, 15) is 4.39 Å². The molecular weight excluding hydrogens is 203 g/mol. The third-order valence-electron chi connectivity index (χ3n) is 3.11. The van der Waals surface area contributed by atoms with Gasteiger partial charge in [-0.25, -0.2) is 4.39 Å². The van der Waals surface area contributed by atoms with Crippen LogP contribution in [-0.2, 0) is 6.54 Å². The van der Waals surface area contributed by atoms with Crippen LogP contribution < -0.4 is 5.32 Å². The average Bonchev–Trinajstić information content (AvgIpc) is 2.66. The van der Waals surface area contributed by atoms with Crippen LogP contribution in [0.25, 0.3) is 10.9 Å². The van der Waals surface area contributed by atoms with Crippen molar-refractivity contribution in [3.8, 4) is 0 Å². The molecule has 0 spiro atoms. The van der Waals surface area contributed by atoms with Crippen molar-refractivity contribution in [2.75, 3.05) is 7.05 Å². The van der Waals surface area contributed by atoms with Crippen molar-refractivity contribution in [1.82, 2.24) is 9.88 Å². The van der Waals surface area contributed by atoms with E-state index in [1.165, 1.54) is 6.07 Å². The Morgan fingerprint density at radius 3 is 2.81 bits per heavy atom. The molecular formula is C13H17FN2. The number of fused-ring (bicyclic) bond motifs is 1. The standard InChI is InChI=1S/C13H17FN2/c1-4-16-8-12(9(2)15-3)11-7-10(14)5-6-13(11)16/h5-9,15H,4H2,1-3H3. The van der Waals surface area contributed by atoms with Crippen LogP contribution >= 0.6 is 0 Å². The van der Waals surface area contributed by atoms with Gasteiger partial charge in [0.25, 0.3) is 0 Å². The molecule has 1 unspecified atom stereocenters. The second-order valence-electron chi connectivity index (χ2n) is 4.04. The number of nitrogens with zero attached hydrogens (tertiary/aromatic N) is 1. The quantitative estimate of drug-likeness (QED) is 0.841. The average molecular weight is 220 g/mol. The molecule has 0 saturated heterocycles. The van der Waals surface area contributed by atoms with Gasteiger partial charge in [-0.1, -0.05) is 0 Å². The lowest BCUT2D eigenvalue weighted by molar-refractivity contribution is 0.628. The Bertz CT molecular complexity index is 502. The van der Waals surface area contributed by atoms with Gasteiger partial charge in [-0.2, -0.15) is 0 Å². The van der Waals surface area contributed by atoms with Crippen LogP contribution in [-0.4, -0.2) is 11.6 Å². The molecule has 2 aromatic rings. The number of hydrogen-bond acceptors (Lipinski definition) is 1.